The highest BCUT2D eigenvalue weighted by Gasteiger charge is 2.35. The van der Waals surface area contributed by atoms with Crippen LogP contribution in [-0.2, 0) is 6.42 Å². The lowest BCUT2D eigenvalue weighted by atomic mass is 9.90. The molecule has 2 unspecified atom stereocenters. The molecule has 1 N–H and O–H groups in total. The summed E-state index contributed by atoms with van der Waals surface area (Å²) in [7, 11) is 0. The lowest BCUT2D eigenvalue weighted by molar-refractivity contribution is 0.0445. The van der Waals surface area contributed by atoms with Crippen molar-refractivity contribution >= 4 is 0 Å². The zero-order valence-electron chi connectivity index (χ0n) is 9.66. The van der Waals surface area contributed by atoms with Gasteiger partial charge in [0.05, 0.1) is 5.60 Å². The van der Waals surface area contributed by atoms with Crippen molar-refractivity contribution < 1.29 is 5.11 Å². The second kappa shape index (κ2) is 3.97. The quantitative estimate of drug-likeness (QED) is 0.785. The van der Waals surface area contributed by atoms with Crippen LogP contribution in [0.25, 0.3) is 0 Å². The molecule has 1 saturated carbocycles. The van der Waals surface area contributed by atoms with Gasteiger partial charge in [-0.05, 0) is 43.2 Å². The van der Waals surface area contributed by atoms with Gasteiger partial charge in [-0.2, -0.15) is 0 Å². The summed E-state index contributed by atoms with van der Waals surface area (Å²) < 4.78 is 0. The average Bonchev–Trinajstić information content (AvgIpc) is 2.51. The molecule has 1 aromatic rings. The SMILES string of the molecule is Cc1ccccc1CC1(O)CCC(C)C1. The highest BCUT2D eigenvalue weighted by atomic mass is 16.3. The van der Waals surface area contributed by atoms with Crippen LogP contribution in [0, 0.1) is 12.8 Å². The Bertz CT molecular complexity index is 345. The van der Waals surface area contributed by atoms with Crippen molar-refractivity contribution in [1.82, 2.24) is 0 Å². The van der Waals surface area contributed by atoms with Crippen LogP contribution in [0.15, 0.2) is 24.3 Å². The van der Waals surface area contributed by atoms with E-state index in [4.69, 9.17) is 0 Å². The Labute approximate surface area is 92.1 Å². The molecule has 1 heteroatoms. The molecule has 0 aliphatic heterocycles. The summed E-state index contributed by atoms with van der Waals surface area (Å²) in [5.74, 6) is 0.680. The van der Waals surface area contributed by atoms with Gasteiger partial charge in [0, 0.05) is 6.42 Å². The van der Waals surface area contributed by atoms with E-state index in [0.29, 0.717) is 5.92 Å². The Morgan fingerprint density at radius 2 is 2.13 bits per heavy atom. The van der Waals surface area contributed by atoms with Crippen LogP contribution in [0.5, 0.6) is 0 Å². The largest absolute Gasteiger partial charge is 0.390 e. The van der Waals surface area contributed by atoms with Gasteiger partial charge in [-0.3, -0.25) is 0 Å². The van der Waals surface area contributed by atoms with Crippen LogP contribution < -0.4 is 0 Å². The Hall–Kier alpha value is -0.820. The van der Waals surface area contributed by atoms with E-state index in [0.717, 1.165) is 19.3 Å². The van der Waals surface area contributed by atoms with Crippen LogP contribution in [0.1, 0.15) is 37.3 Å². The Morgan fingerprint density at radius 3 is 2.73 bits per heavy atom. The summed E-state index contributed by atoms with van der Waals surface area (Å²) in [6.07, 6.45) is 3.91. The van der Waals surface area contributed by atoms with Crippen LogP contribution in [0.4, 0.5) is 0 Å². The van der Waals surface area contributed by atoms with Crippen molar-refractivity contribution in [2.45, 2.75) is 45.1 Å². The minimum atomic E-state index is -0.439. The molecule has 1 nitrogen and oxygen atoms in total. The highest BCUT2D eigenvalue weighted by Crippen LogP contribution is 2.36. The van der Waals surface area contributed by atoms with Crippen molar-refractivity contribution in [3.63, 3.8) is 0 Å². The van der Waals surface area contributed by atoms with Gasteiger partial charge in [-0.1, -0.05) is 31.2 Å². The monoisotopic (exact) mass is 204 g/mol. The van der Waals surface area contributed by atoms with Gasteiger partial charge >= 0.3 is 0 Å². The van der Waals surface area contributed by atoms with E-state index in [-0.39, 0.29) is 0 Å². The number of aryl methyl sites for hydroxylation is 1. The van der Waals surface area contributed by atoms with E-state index in [2.05, 4.69) is 38.1 Å². The van der Waals surface area contributed by atoms with E-state index >= 15 is 0 Å². The molecule has 0 radical (unpaired) electrons. The maximum atomic E-state index is 10.4. The Morgan fingerprint density at radius 1 is 1.40 bits per heavy atom. The number of hydrogen-bond acceptors (Lipinski definition) is 1. The minimum absolute atomic E-state index is 0.439. The lowest BCUT2D eigenvalue weighted by Crippen LogP contribution is -2.28. The van der Waals surface area contributed by atoms with E-state index in [1.165, 1.54) is 17.5 Å². The average molecular weight is 204 g/mol. The molecule has 0 heterocycles. The summed E-state index contributed by atoms with van der Waals surface area (Å²) in [5, 5.41) is 10.4. The van der Waals surface area contributed by atoms with Crippen LogP contribution in [0.2, 0.25) is 0 Å². The first-order valence-corrected chi connectivity index (χ1v) is 5.86. The molecule has 1 aliphatic carbocycles. The molecule has 15 heavy (non-hydrogen) atoms. The van der Waals surface area contributed by atoms with Gasteiger partial charge in [-0.25, -0.2) is 0 Å². The fraction of sp³-hybridized carbons (Fsp3) is 0.571. The first kappa shape index (κ1) is 10.7. The summed E-state index contributed by atoms with van der Waals surface area (Å²) >= 11 is 0. The van der Waals surface area contributed by atoms with Crippen LogP contribution in [-0.4, -0.2) is 10.7 Å². The molecular weight excluding hydrogens is 184 g/mol. The minimum Gasteiger partial charge on any atom is -0.390 e. The molecule has 0 amide bonds. The van der Waals surface area contributed by atoms with Crippen LogP contribution in [0.3, 0.4) is 0 Å². The standard InChI is InChI=1S/C14H20O/c1-11-7-8-14(15,9-11)10-13-6-4-3-5-12(13)2/h3-6,11,15H,7-10H2,1-2H3. The molecule has 2 rings (SSSR count). The zero-order chi connectivity index (χ0) is 10.9. The fourth-order valence-corrected chi connectivity index (χ4v) is 2.69. The summed E-state index contributed by atoms with van der Waals surface area (Å²) in [5.41, 5.74) is 2.16. The van der Waals surface area contributed by atoms with Crippen molar-refractivity contribution in [2.75, 3.05) is 0 Å². The summed E-state index contributed by atoms with van der Waals surface area (Å²) in [6, 6.07) is 8.37. The third-order valence-corrected chi connectivity index (χ3v) is 3.61. The Balaban J connectivity index is 2.12. The second-order valence-corrected chi connectivity index (χ2v) is 5.18. The molecule has 2 atom stereocenters. The number of rotatable bonds is 2. The van der Waals surface area contributed by atoms with E-state index in [1.54, 1.807) is 0 Å². The first-order chi connectivity index (χ1) is 7.09. The molecule has 1 fully saturated rings. The lowest BCUT2D eigenvalue weighted by Gasteiger charge is -2.23. The molecule has 82 valence electrons. The smallest absolute Gasteiger partial charge is 0.0690 e. The number of hydrogen-bond donors (Lipinski definition) is 1. The summed E-state index contributed by atoms with van der Waals surface area (Å²) in [4.78, 5) is 0. The van der Waals surface area contributed by atoms with Gasteiger partial charge in [0.25, 0.3) is 0 Å². The van der Waals surface area contributed by atoms with Crippen molar-refractivity contribution in [3.8, 4) is 0 Å². The molecule has 1 aromatic carbocycles. The molecule has 0 saturated heterocycles. The van der Waals surface area contributed by atoms with Crippen molar-refractivity contribution in [1.29, 1.82) is 0 Å². The van der Waals surface area contributed by atoms with E-state index in [9.17, 15) is 5.11 Å². The van der Waals surface area contributed by atoms with Crippen molar-refractivity contribution in [2.24, 2.45) is 5.92 Å². The van der Waals surface area contributed by atoms with Gasteiger partial charge in [0.15, 0.2) is 0 Å². The van der Waals surface area contributed by atoms with Crippen molar-refractivity contribution in [3.05, 3.63) is 35.4 Å². The number of aliphatic hydroxyl groups is 1. The first-order valence-electron chi connectivity index (χ1n) is 5.86. The maximum absolute atomic E-state index is 10.4. The third kappa shape index (κ3) is 2.40. The normalized spacial score (nSPS) is 30.7. The van der Waals surface area contributed by atoms with Gasteiger partial charge in [-0.15, -0.1) is 0 Å². The van der Waals surface area contributed by atoms with Gasteiger partial charge in [0.1, 0.15) is 0 Å². The topological polar surface area (TPSA) is 20.2 Å². The maximum Gasteiger partial charge on any atom is 0.0690 e. The molecule has 0 aromatic heterocycles. The third-order valence-electron chi connectivity index (χ3n) is 3.61. The summed E-state index contributed by atoms with van der Waals surface area (Å²) in [6.45, 7) is 4.35. The Kier molecular flexibility index (Phi) is 2.83. The predicted molar refractivity (Wildman–Crippen MR) is 62.8 cm³/mol. The molecule has 0 bridgehead atoms. The van der Waals surface area contributed by atoms with Crippen LogP contribution >= 0.6 is 0 Å². The molecule has 0 spiro atoms. The van der Waals surface area contributed by atoms with Gasteiger partial charge < -0.3 is 5.11 Å². The van der Waals surface area contributed by atoms with E-state index in [1.807, 2.05) is 0 Å². The molecular formula is C14H20O. The van der Waals surface area contributed by atoms with Gasteiger partial charge in [0.2, 0.25) is 0 Å². The zero-order valence-corrected chi connectivity index (χ0v) is 9.66. The fourth-order valence-electron chi connectivity index (χ4n) is 2.69. The van der Waals surface area contributed by atoms with E-state index < -0.39 is 5.60 Å². The molecule has 1 aliphatic rings. The predicted octanol–water partition coefficient (Wildman–Crippen LogP) is 3.09. The highest BCUT2D eigenvalue weighted by molar-refractivity contribution is 5.27. The number of benzene rings is 1. The second-order valence-electron chi connectivity index (χ2n) is 5.18.